The highest BCUT2D eigenvalue weighted by Crippen LogP contribution is 2.28. The van der Waals surface area contributed by atoms with Crippen molar-refractivity contribution in [2.75, 3.05) is 6.61 Å². The van der Waals surface area contributed by atoms with Crippen LogP contribution >= 0.6 is 0 Å². The smallest absolute Gasteiger partial charge is 0.159 e. The van der Waals surface area contributed by atoms with Gasteiger partial charge in [-0.15, -0.1) is 0 Å². The second-order valence-corrected chi connectivity index (χ2v) is 6.11. The predicted octanol–water partition coefficient (Wildman–Crippen LogP) is 4.05. The molecule has 21 heavy (non-hydrogen) atoms. The average Bonchev–Trinajstić information content (AvgIpc) is 2.44. The average molecular weight is 289 g/mol. The minimum absolute atomic E-state index is 0.110. The number of ketones is 1. The molecule has 1 heterocycles. The molecule has 0 aromatic heterocycles. The number of piperidine rings is 1. The van der Waals surface area contributed by atoms with Gasteiger partial charge in [-0.2, -0.15) is 0 Å². The van der Waals surface area contributed by atoms with Crippen LogP contribution in [-0.4, -0.2) is 29.4 Å². The lowest BCUT2D eigenvalue weighted by atomic mass is 9.96. The van der Waals surface area contributed by atoms with Crippen LogP contribution in [0.25, 0.3) is 0 Å². The van der Waals surface area contributed by atoms with Crippen LogP contribution in [0.15, 0.2) is 18.2 Å². The zero-order valence-corrected chi connectivity index (χ0v) is 13.7. The van der Waals surface area contributed by atoms with Gasteiger partial charge >= 0.3 is 0 Å². The molecular weight excluding hydrogens is 262 g/mol. The van der Waals surface area contributed by atoms with Gasteiger partial charge in [0.2, 0.25) is 0 Å². The van der Waals surface area contributed by atoms with Crippen LogP contribution in [-0.2, 0) is 6.54 Å². The number of hydrogen-bond donors (Lipinski definition) is 0. The van der Waals surface area contributed by atoms with Crippen LogP contribution in [0.4, 0.5) is 0 Å². The van der Waals surface area contributed by atoms with Gasteiger partial charge in [-0.05, 0) is 58.7 Å². The van der Waals surface area contributed by atoms with Crippen molar-refractivity contribution in [3.63, 3.8) is 0 Å². The monoisotopic (exact) mass is 289 g/mol. The Bertz CT molecular complexity index is 488. The number of carbonyl (C=O) groups is 1. The molecular formula is C18H27NO2. The third-order valence-electron chi connectivity index (χ3n) is 4.50. The zero-order chi connectivity index (χ0) is 15.4. The van der Waals surface area contributed by atoms with Gasteiger partial charge in [-0.25, -0.2) is 0 Å². The number of benzene rings is 1. The van der Waals surface area contributed by atoms with Crippen molar-refractivity contribution in [2.45, 2.75) is 65.6 Å². The van der Waals surface area contributed by atoms with Crippen molar-refractivity contribution in [1.29, 1.82) is 0 Å². The number of ether oxygens (including phenoxy) is 1. The van der Waals surface area contributed by atoms with Gasteiger partial charge in [0.1, 0.15) is 5.75 Å². The normalized spacial score (nSPS) is 23.0. The summed E-state index contributed by atoms with van der Waals surface area (Å²) in [6.07, 6.45) is 3.81. The van der Waals surface area contributed by atoms with E-state index in [-0.39, 0.29) is 5.78 Å². The Morgan fingerprint density at radius 1 is 1.29 bits per heavy atom. The summed E-state index contributed by atoms with van der Waals surface area (Å²) in [5.74, 6) is 1.02. The van der Waals surface area contributed by atoms with Gasteiger partial charge in [0.15, 0.2) is 5.78 Å². The molecule has 1 fully saturated rings. The quantitative estimate of drug-likeness (QED) is 0.766. The maximum absolute atomic E-state index is 11.6. The lowest BCUT2D eigenvalue weighted by Crippen LogP contribution is -2.43. The lowest BCUT2D eigenvalue weighted by Gasteiger charge is -2.39. The molecule has 2 rings (SSSR count). The maximum Gasteiger partial charge on any atom is 0.159 e. The van der Waals surface area contributed by atoms with Crippen molar-refractivity contribution in [1.82, 2.24) is 4.90 Å². The summed E-state index contributed by atoms with van der Waals surface area (Å²) in [6, 6.07) is 6.98. The van der Waals surface area contributed by atoms with E-state index < -0.39 is 0 Å². The predicted molar refractivity (Wildman–Crippen MR) is 85.9 cm³/mol. The minimum atomic E-state index is 0.110. The summed E-state index contributed by atoms with van der Waals surface area (Å²) in [7, 11) is 0. The number of carbonyl (C=O) groups excluding carboxylic acids is 1. The van der Waals surface area contributed by atoms with Crippen molar-refractivity contribution < 1.29 is 9.53 Å². The number of hydrogen-bond acceptors (Lipinski definition) is 3. The summed E-state index contributed by atoms with van der Waals surface area (Å²) < 4.78 is 5.75. The molecule has 0 saturated carbocycles. The van der Waals surface area contributed by atoms with Gasteiger partial charge in [-0.1, -0.05) is 6.42 Å². The Morgan fingerprint density at radius 2 is 1.95 bits per heavy atom. The fourth-order valence-electron chi connectivity index (χ4n) is 3.20. The highest BCUT2D eigenvalue weighted by molar-refractivity contribution is 5.94. The summed E-state index contributed by atoms with van der Waals surface area (Å²) in [5, 5.41) is 0. The Hall–Kier alpha value is -1.35. The molecule has 1 aliphatic heterocycles. The van der Waals surface area contributed by atoms with E-state index in [1.807, 2.05) is 25.1 Å². The van der Waals surface area contributed by atoms with Crippen LogP contribution in [0.3, 0.4) is 0 Å². The molecule has 0 radical (unpaired) electrons. The Kier molecular flexibility index (Phi) is 5.40. The molecule has 1 aromatic carbocycles. The Labute approximate surface area is 128 Å². The van der Waals surface area contributed by atoms with Crippen molar-refractivity contribution in [3.8, 4) is 5.75 Å². The summed E-state index contributed by atoms with van der Waals surface area (Å²) in [5.41, 5.74) is 1.90. The fraction of sp³-hybridized carbons (Fsp3) is 0.611. The van der Waals surface area contributed by atoms with E-state index in [2.05, 4.69) is 18.7 Å². The number of Topliss-reactive ketones (excluding diaryl/α,β-unsaturated/α-hetero) is 1. The Balaban J connectivity index is 2.27. The maximum atomic E-state index is 11.6. The first-order chi connectivity index (χ1) is 10.0. The molecule has 1 aromatic rings. The molecule has 0 bridgehead atoms. The van der Waals surface area contributed by atoms with Crippen molar-refractivity contribution in [3.05, 3.63) is 29.3 Å². The summed E-state index contributed by atoms with van der Waals surface area (Å²) >= 11 is 0. The molecule has 3 heteroatoms. The third kappa shape index (κ3) is 3.85. The van der Waals surface area contributed by atoms with Crippen LogP contribution < -0.4 is 4.74 Å². The number of nitrogens with zero attached hydrogens (tertiary/aromatic N) is 1. The van der Waals surface area contributed by atoms with Crippen molar-refractivity contribution >= 4 is 5.78 Å². The Morgan fingerprint density at radius 3 is 2.52 bits per heavy atom. The van der Waals surface area contributed by atoms with Crippen LogP contribution in [0.1, 0.15) is 62.9 Å². The first-order valence-corrected chi connectivity index (χ1v) is 8.05. The first-order valence-electron chi connectivity index (χ1n) is 8.05. The molecule has 0 amide bonds. The van der Waals surface area contributed by atoms with E-state index in [0.29, 0.717) is 18.7 Å². The van der Waals surface area contributed by atoms with Crippen LogP contribution in [0.2, 0.25) is 0 Å². The van der Waals surface area contributed by atoms with E-state index in [0.717, 1.165) is 23.4 Å². The van der Waals surface area contributed by atoms with E-state index in [1.54, 1.807) is 6.92 Å². The van der Waals surface area contributed by atoms with Gasteiger partial charge in [0.25, 0.3) is 0 Å². The molecule has 1 saturated heterocycles. The van der Waals surface area contributed by atoms with Gasteiger partial charge < -0.3 is 4.74 Å². The summed E-state index contributed by atoms with van der Waals surface area (Å²) in [4.78, 5) is 14.2. The fourth-order valence-corrected chi connectivity index (χ4v) is 3.20. The van der Waals surface area contributed by atoms with E-state index in [4.69, 9.17) is 4.74 Å². The van der Waals surface area contributed by atoms with Gasteiger partial charge in [0.05, 0.1) is 6.61 Å². The minimum Gasteiger partial charge on any atom is -0.494 e. The van der Waals surface area contributed by atoms with Gasteiger partial charge in [0, 0.05) is 29.8 Å². The van der Waals surface area contributed by atoms with E-state index in [9.17, 15) is 4.79 Å². The second kappa shape index (κ2) is 7.08. The van der Waals surface area contributed by atoms with E-state index >= 15 is 0 Å². The largest absolute Gasteiger partial charge is 0.494 e. The first kappa shape index (κ1) is 16.0. The van der Waals surface area contributed by atoms with Crippen LogP contribution in [0, 0.1) is 0 Å². The standard InChI is InChI=1S/C18H27NO2/c1-5-21-18-10-9-16(15(4)20)11-17(18)12-19-13(2)7-6-8-14(19)3/h9-11,13-14H,5-8,12H2,1-4H3. The highest BCUT2D eigenvalue weighted by Gasteiger charge is 2.25. The second-order valence-electron chi connectivity index (χ2n) is 6.11. The highest BCUT2D eigenvalue weighted by atomic mass is 16.5. The summed E-state index contributed by atoms with van der Waals surface area (Å²) in [6.45, 7) is 9.71. The zero-order valence-electron chi connectivity index (χ0n) is 13.7. The molecule has 1 aliphatic rings. The molecule has 2 unspecified atom stereocenters. The molecule has 3 nitrogen and oxygen atoms in total. The third-order valence-corrected chi connectivity index (χ3v) is 4.50. The van der Waals surface area contributed by atoms with E-state index in [1.165, 1.54) is 19.3 Å². The molecule has 0 aliphatic carbocycles. The molecule has 2 atom stereocenters. The van der Waals surface area contributed by atoms with Gasteiger partial charge in [-0.3, -0.25) is 9.69 Å². The SMILES string of the molecule is CCOc1ccc(C(C)=O)cc1CN1C(C)CCCC1C. The molecule has 0 spiro atoms. The number of rotatable bonds is 5. The topological polar surface area (TPSA) is 29.5 Å². The molecule has 0 N–H and O–H groups in total. The van der Waals surface area contributed by atoms with Crippen molar-refractivity contribution in [2.24, 2.45) is 0 Å². The lowest BCUT2D eigenvalue weighted by molar-refractivity contribution is 0.0939. The molecule has 116 valence electrons. The van der Waals surface area contributed by atoms with Crippen LogP contribution in [0.5, 0.6) is 5.75 Å². The number of likely N-dealkylation sites (tertiary alicyclic amines) is 1.